The van der Waals surface area contributed by atoms with Crippen molar-refractivity contribution in [1.82, 2.24) is 14.9 Å². The van der Waals surface area contributed by atoms with Crippen LogP contribution in [0, 0.1) is 13.8 Å². The van der Waals surface area contributed by atoms with Gasteiger partial charge in [0.2, 0.25) is 5.91 Å². The number of carbonyl (C=O) groups is 1. The van der Waals surface area contributed by atoms with E-state index in [-0.39, 0.29) is 18.0 Å². The molecule has 1 heterocycles. The first-order chi connectivity index (χ1) is 12.9. The zero-order valence-corrected chi connectivity index (χ0v) is 15.9. The summed E-state index contributed by atoms with van der Waals surface area (Å²) >= 11 is 0. The van der Waals surface area contributed by atoms with Crippen LogP contribution in [0.25, 0.3) is 10.9 Å². The SMILES string of the molecule is CCN(CC(=O)Nc1cc(C)cc(C)c1)Cc1nc2ccccc2c(=O)[nH]1. The van der Waals surface area contributed by atoms with Gasteiger partial charge in [0.05, 0.1) is 24.0 Å². The zero-order chi connectivity index (χ0) is 19.4. The Morgan fingerprint density at radius 3 is 2.56 bits per heavy atom. The molecule has 0 aliphatic carbocycles. The molecular weight excluding hydrogens is 340 g/mol. The molecule has 3 rings (SSSR count). The number of H-pyrrole nitrogens is 1. The smallest absolute Gasteiger partial charge is 0.258 e. The van der Waals surface area contributed by atoms with Gasteiger partial charge in [0.1, 0.15) is 5.82 Å². The number of rotatable bonds is 6. The number of anilines is 1. The normalized spacial score (nSPS) is 11.1. The second kappa shape index (κ2) is 8.14. The molecule has 2 aromatic carbocycles. The summed E-state index contributed by atoms with van der Waals surface area (Å²) in [5, 5.41) is 3.51. The molecule has 3 aromatic rings. The lowest BCUT2D eigenvalue weighted by atomic mass is 10.1. The van der Waals surface area contributed by atoms with Crippen LogP contribution in [0.1, 0.15) is 23.9 Å². The molecule has 0 aliphatic heterocycles. The summed E-state index contributed by atoms with van der Waals surface area (Å²) in [4.78, 5) is 33.9. The number of carbonyl (C=O) groups excluding carboxylic acids is 1. The average molecular weight is 364 g/mol. The number of nitrogens with zero attached hydrogens (tertiary/aromatic N) is 2. The Labute approximate surface area is 158 Å². The summed E-state index contributed by atoms with van der Waals surface area (Å²) < 4.78 is 0. The zero-order valence-electron chi connectivity index (χ0n) is 15.9. The number of hydrogen-bond donors (Lipinski definition) is 2. The maximum Gasteiger partial charge on any atom is 0.258 e. The number of nitrogens with one attached hydrogen (secondary N) is 2. The molecule has 0 fully saturated rings. The van der Waals surface area contributed by atoms with Gasteiger partial charge >= 0.3 is 0 Å². The number of para-hydroxylation sites is 1. The summed E-state index contributed by atoms with van der Waals surface area (Å²) in [6, 6.07) is 13.2. The number of hydrogen-bond acceptors (Lipinski definition) is 4. The van der Waals surface area contributed by atoms with E-state index in [4.69, 9.17) is 0 Å². The Kier molecular flexibility index (Phi) is 5.66. The summed E-state index contributed by atoms with van der Waals surface area (Å²) in [7, 11) is 0. The highest BCUT2D eigenvalue weighted by Crippen LogP contribution is 2.14. The third-order valence-electron chi connectivity index (χ3n) is 4.36. The third-order valence-corrected chi connectivity index (χ3v) is 4.36. The van der Waals surface area contributed by atoms with Crippen molar-refractivity contribution in [3.05, 3.63) is 69.8 Å². The summed E-state index contributed by atoms with van der Waals surface area (Å²) in [5.41, 5.74) is 3.51. The minimum atomic E-state index is -0.161. The first-order valence-electron chi connectivity index (χ1n) is 9.03. The molecule has 0 saturated carbocycles. The number of benzene rings is 2. The van der Waals surface area contributed by atoms with Crippen molar-refractivity contribution in [2.45, 2.75) is 27.3 Å². The van der Waals surface area contributed by atoms with E-state index in [0.29, 0.717) is 29.8 Å². The van der Waals surface area contributed by atoms with Gasteiger partial charge in [-0.3, -0.25) is 14.5 Å². The molecule has 0 unspecified atom stereocenters. The summed E-state index contributed by atoms with van der Waals surface area (Å²) in [6.45, 7) is 7.27. The van der Waals surface area contributed by atoms with Crippen LogP contribution in [0.3, 0.4) is 0 Å². The summed E-state index contributed by atoms with van der Waals surface area (Å²) in [5.74, 6) is 0.463. The van der Waals surface area contributed by atoms with Gasteiger partial charge in [-0.25, -0.2) is 4.98 Å². The van der Waals surface area contributed by atoms with E-state index in [1.807, 2.05) is 56.0 Å². The van der Waals surface area contributed by atoms with Gasteiger partial charge in [-0.15, -0.1) is 0 Å². The Morgan fingerprint density at radius 2 is 1.85 bits per heavy atom. The van der Waals surface area contributed by atoms with E-state index < -0.39 is 0 Å². The molecule has 0 aliphatic rings. The quantitative estimate of drug-likeness (QED) is 0.705. The van der Waals surface area contributed by atoms with E-state index >= 15 is 0 Å². The van der Waals surface area contributed by atoms with Crippen molar-refractivity contribution in [1.29, 1.82) is 0 Å². The molecule has 6 heteroatoms. The number of likely N-dealkylation sites (N-methyl/N-ethyl adjacent to an activating group) is 1. The fourth-order valence-electron chi connectivity index (χ4n) is 3.15. The third kappa shape index (κ3) is 4.80. The maximum atomic E-state index is 12.4. The van der Waals surface area contributed by atoms with Gasteiger partial charge < -0.3 is 10.3 Å². The molecule has 0 bridgehead atoms. The Morgan fingerprint density at radius 1 is 1.15 bits per heavy atom. The number of amides is 1. The minimum absolute atomic E-state index is 0.0926. The largest absolute Gasteiger partial charge is 0.325 e. The lowest BCUT2D eigenvalue weighted by Gasteiger charge is -2.19. The van der Waals surface area contributed by atoms with Gasteiger partial charge in [-0.05, 0) is 55.8 Å². The molecule has 2 N–H and O–H groups in total. The van der Waals surface area contributed by atoms with E-state index in [1.54, 1.807) is 6.07 Å². The first-order valence-corrected chi connectivity index (χ1v) is 9.03. The molecule has 1 aromatic heterocycles. The monoisotopic (exact) mass is 364 g/mol. The highest BCUT2D eigenvalue weighted by Gasteiger charge is 2.12. The second-order valence-electron chi connectivity index (χ2n) is 6.76. The van der Waals surface area contributed by atoms with Crippen molar-refractivity contribution >= 4 is 22.5 Å². The van der Waals surface area contributed by atoms with Crippen molar-refractivity contribution < 1.29 is 4.79 Å². The van der Waals surface area contributed by atoms with Crippen molar-refractivity contribution in [3.63, 3.8) is 0 Å². The van der Waals surface area contributed by atoms with Gasteiger partial charge in [0.25, 0.3) is 5.56 Å². The van der Waals surface area contributed by atoms with Gasteiger partial charge in [-0.1, -0.05) is 25.1 Å². The molecule has 140 valence electrons. The molecule has 0 atom stereocenters. The average Bonchev–Trinajstić information content (AvgIpc) is 2.60. The topological polar surface area (TPSA) is 78.1 Å². The molecule has 1 amide bonds. The minimum Gasteiger partial charge on any atom is -0.325 e. The number of aromatic amines is 1. The molecule has 27 heavy (non-hydrogen) atoms. The molecular formula is C21H24N4O2. The molecule has 0 spiro atoms. The van der Waals surface area contributed by atoms with Crippen LogP contribution in [-0.4, -0.2) is 33.9 Å². The van der Waals surface area contributed by atoms with E-state index in [2.05, 4.69) is 21.4 Å². The lowest BCUT2D eigenvalue weighted by Crippen LogP contribution is -2.33. The van der Waals surface area contributed by atoms with Crippen LogP contribution in [0.4, 0.5) is 5.69 Å². The number of aryl methyl sites for hydroxylation is 2. The van der Waals surface area contributed by atoms with Gasteiger partial charge in [0, 0.05) is 5.69 Å². The number of aromatic nitrogens is 2. The van der Waals surface area contributed by atoms with Crippen LogP contribution >= 0.6 is 0 Å². The van der Waals surface area contributed by atoms with Crippen LogP contribution < -0.4 is 10.9 Å². The maximum absolute atomic E-state index is 12.4. The van der Waals surface area contributed by atoms with E-state index in [1.165, 1.54) is 0 Å². The van der Waals surface area contributed by atoms with Crippen molar-refractivity contribution in [3.8, 4) is 0 Å². The second-order valence-corrected chi connectivity index (χ2v) is 6.76. The molecule has 6 nitrogen and oxygen atoms in total. The van der Waals surface area contributed by atoms with Crippen molar-refractivity contribution in [2.24, 2.45) is 0 Å². The standard InChI is InChI=1S/C21H24N4O2/c1-4-25(13-20(26)22-16-10-14(2)9-15(3)11-16)12-19-23-18-8-6-5-7-17(18)21(27)24-19/h5-11H,4,12-13H2,1-3H3,(H,22,26)(H,23,24,27). The van der Waals surface area contributed by atoms with Crippen molar-refractivity contribution in [2.75, 3.05) is 18.4 Å². The first kappa shape index (κ1) is 18.8. The van der Waals surface area contributed by atoms with Crippen LogP contribution in [-0.2, 0) is 11.3 Å². The Balaban J connectivity index is 1.70. The van der Waals surface area contributed by atoms with Crippen LogP contribution in [0.15, 0.2) is 47.3 Å². The predicted molar refractivity (Wildman–Crippen MR) is 108 cm³/mol. The fraction of sp³-hybridized carbons (Fsp3) is 0.286. The van der Waals surface area contributed by atoms with Gasteiger partial charge in [0.15, 0.2) is 0 Å². The highest BCUT2D eigenvalue weighted by atomic mass is 16.2. The predicted octanol–water partition coefficient (Wildman–Crippen LogP) is 3.00. The Bertz CT molecular complexity index is 1010. The lowest BCUT2D eigenvalue weighted by molar-refractivity contribution is -0.117. The van der Waals surface area contributed by atoms with Gasteiger partial charge in [-0.2, -0.15) is 0 Å². The Hall–Kier alpha value is -2.99. The van der Waals surface area contributed by atoms with Crippen LogP contribution in [0.5, 0.6) is 0 Å². The highest BCUT2D eigenvalue weighted by molar-refractivity contribution is 5.92. The molecule has 0 radical (unpaired) electrons. The van der Waals surface area contributed by atoms with E-state index in [0.717, 1.165) is 16.8 Å². The summed E-state index contributed by atoms with van der Waals surface area (Å²) in [6.07, 6.45) is 0. The molecule has 0 saturated heterocycles. The number of fused-ring (bicyclic) bond motifs is 1. The van der Waals surface area contributed by atoms with E-state index in [9.17, 15) is 9.59 Å². The van der Waals surface area contributed by atoms with Crippen LogP contribution in [0.2, 0.25) is 0 Å². The fourth-order valence-corrected chi connectivity index (χ4v) is 3.15.